The standard InChI is InChI=1S/C7H17N3O/c1-10(2)6(7(9)11)4-3-5-8/h6H,3-5,8H2,1-2H3,(H2,9,11). The van der Waals surface area contributed by atoms with E-state index in [0.717, 1.165) is 12.8 Å². The predicted molar refractivity (Wildman–Crippen MR) is 45.0 cm³/mol. The van der Waals surface area contributed by atoms with Gasteiger partial charge in [-0.2, -0.15) is 0 Å². The highest BCUT2D eigenvalue weighted by Gasteiger charge is 2.15. The van der Waals surface area contributed by atoms with Crippen molar-refractivity contribution >= 4 is 5.91 Å². The molecular weight excluding hydrogens is 142 g/mol. The topological polar surface area (TPSA) is 72.3 Å². The maximum Gasteiger partial charge on any atom is 0.234 e. The third-order valence-electron chi connectivity index (χ3n) is 1.63. The molecule has 1 unspecified atom stereocenters. The van der Waals surface area contributed by atoms with Crippen LogP contribution < -0.4 is 11.5 Å². The molecule has 0 spiro atoms. The Bertz CT molecular complexity index is 125. The molecule has 1 amide bonds. The van der Waals surface area contributed by atoms with Gasteiger partial charge in [0.05, 0.1) is 6.04 Å². The molecule has 0 heterocycles. The van der Waals surface area contributed by atoms with Crippen molar-refractivity contribution in [1.29, 1.82) is 0 Å². The Morgan fingerprint density at radius 1 is 1.55 bits per heavy atom. The molecule has 0 aromatic rings. The number of nitrogens with two attached hydrogens (primary N) is 2. The zero-order valence-electron chi connectivity index (χ0n) is 7.21. The van der Waals surface area contributed by atoms with Gasteiger partial charge in [0.15, 0.2) is 0 Å². The summed E-state index contributed by atoms with van der Waals surface area (Å²) >= 11 is 0. The van der Waals surface area contributed by atoms with Gasteiger partial charge in [0.1, 0.15) is 0 Å². The van der Waals surface area contributed by atoms with Crippen molar-refractivity contribution < 1.29 is 4.79 Å². The van der Waals surface area contributed by atoms with Gasteiger partial charge in [-0.05, 0) is 33.5 Å². The van der Waals surface area contributed by atoms with Crippen LogP contribution in [0.25, 0.3) is 0 Å². The third kappa shape index (κ3) is 3.95. The van der Waals surface area contributed by atoms with E-state index in [1.165, 1.54) is 0 Å². The summed E-state index contributed by atoms with van der Waals surface area (Å²) in [6.45, 7) is 0.609. The first-order valence-corrected chi connectivity index (χ1v) is 3.75. The molecule has 0 aliphatic heterocycles. The van der Waals surface area contributed by atoms with Crippen molar-refractivity contribution in [2.45, 2.75) is 18.9 Å². The van der Waals surface area contributed by atoms with Gasteiger partial charge in [-0.1, -0.05) is 0 Å². The Kier molecular flexibility index (Phi) is 4.81. The minimum atomic E-state index is -0.275. The predicted octanol–water partition coefficient (Wildman–Crippen LogP) is -0.859. The van der Waals surface area contributed by atoms with Gasteiger partial charge in [0, 0.05) is 0 Å². The highest BCUT2D eigenvalue weighted by atomic mass is 16.1. The van der Waals surface area contributed by atoms with Crippen LogP contribution in [0.1, 0.15) is 12.8 Å². The molecule has 0 aliphatic rings. The molecule has 0 rings (SSSR count). The molecule has 0 bridgehead atoms. The van der Waals surface area contributed by atoms with E-state index in [-0.39, 0.29) is 11.9 Å². The molecule has 0 saturated carbocycles. The van der Waals surface area contributed by atoms with Gasteiger partial charge in [-0.25, -0.2) is 0 Å². The lowest BCUT2D eigenvalue weighted by Crippen LogP contribution is -2.40. The largest absolute Gasteiger partial charge is 0.368 e. The zero-order chi connectivity index (χ0) is 8.85. The highest BCUT2D eigenvalue weighted by Crippen LogP contribution is 2.00. The second kappa shape index (κ2) is 5.09. The first kappa shape index (κ1) is 10.4. The van der Waals surface area contributed by atoms with E-state index in [9.17, 15) is 4.79 Å². The number of likely N-dealkylation sites (N-methyl/N-ethyl adjacent to an activating group) is 1. The lowest BCUT2D eigenvalue weighted by Gasteiger charge is -2.20. The van der Waals surface area contributed by atoms with Gasteiger partial charge in [-0.3, -0.25) is 9.69 Å². The number of primary amides is 1. The van der Waals surface area contributed by atoms with Gasteiger partial charge in [0.25, 0.3) is 0 Å². The summed E-state index contributed by atoms with van der Waals surface area (Å²) in [5.41, 5.74) is 10.5. The summed E-state index contributed by atoms with van der Waals surface area (Å²) in [6.07, 6.45) is 1.59. The van der Waals surface area contributed by atoms with E-state index in [1.807, 2.05) is 19.0 Å². The van der Waals surface area contributed by atoms with Gasteiger partial charge >= 0.3 is 0 Å². The second-order valence-electron chi connectivity index (χ2n) is 2.81. The SMILES string of the molecule is CN(C)C(CCCN)C(N)=O. The molecule has 0 fully saturated rings. The maximum atomic E-state index is 10.8. The summed E-state index contributed by atoms with van der Waals surface area (Å²) in [5.74, 6) is -0.275. The minimum Gasteiger partial charge on any atom is -0.368 e. The third-order valence-corrected chi connectivity index (χ3v) is 1.63. The summed E-state index contributed by atoms with van der Waals surface area (Å²) in [5, 5.41) is 0. The van der Waals surface area contributed by atoms with E-state index in [4.69, 9.17) is 11.5 Å². The highest BCUT2D eigenvalue weighted by molar-refractivity contribution is 5.79. The quantitative estimate of drug-likeness (QED) is 0.548. The number of rotatable bonds is 5. The van der Waals surface area contributed by atoms with Crippen LogP contribution in [-0.2, 0) is 4.79 Å². The van der Waals surface area contributed by atoms with Gasteiger partial charge in [0.2, 0.25) is 5.91 Å². The number of nitrogens with zero attached hydrogens (tertiary/aromatic N) is 1. The second-order valence-corrected chi connectivity index (χ2v) is 2.81. The summed E-state index contributed by atoms with van der Waals surface area (Å²) < 4.78 is 0. The molecule has 0 radical (unpaired) electrons. The van der Waals surface area contributed by atoms with Gasteiger partial charge in [-0.15, -0.1) is 0 Å². The Morgan fingerprint density at radius 2 is 2.09 bits per heavy atom. The van der Waals surface area contributed by atoms with Gasteiger partial charge < -0.3 is 11.5 Å². The van der Waals surface area contributed by atoms with Crippen LogP contribution in [0.2, 0.25) is 0 Å². The van der Waals surface area contributed by atoms with Crippen LogP contribution in [0, 0.1) is 0 Å². The van der Waals surface area contributed by atoms with Crippen LogP contribution in [-0.4, -0.2) is 37.5 Å². The normalized spacial score (nSPS) is 13.5. The Hall–Kier alpha value is -0.610. The van der Waals surface area contributed by atoms with Crippen LogP contribution in [0.3, 0.4) is 0 Å². The molecule has 0 saturated heterocycles. The zero-order valence-corrected chi connectivity index (χ0v) is 7.21. The summed E-state index contributed by atoms with van der Waals surface area (Å²) in [6, 6.07) is -0.168. The van der Waals surface area contributed by atoms with Crippen molar-refractivity contribution in [2.75, 3.05) is 20.6 Å². The van der Waals surface area contributed by atoms with Crippen LogP contribution >= 0.6 is 0 Å². The molecule has 4 heteroatoms. The molecule has 0 aromatic heterocycles. The van der Waals surface area contributed by atoms with Crippen LogP contribution in [0.5, 0.6) is 0 Å². The number of carbonyl (C=O) groups is 1. The molecule has 0 aromatic carbocycles. The smallest absolute Gasteiger partial charge is 0.234 e. The fraction of sp³-hybridized carbons (Fsp3) is 0.857. The van der Waals surface area contributed by atoms with E-state index < -0.39 is 0 Å². The molecule has 4 N–H and O–H groups in total. The lowest BCUT2D eigenvalue weighted by molar-refractivity contribution is -0.122. The van der Waals surface area contributed by atoms with Crippen LogP contribution in [0.15, 0.2) is 0 Å². The number of carbonyl (C=O) groups excluding carboxylic acids is 1. The number of amides is 1. The molecule has 11 heavy (non-hydrogen) atoms. The van der Waals surface area contributed by atoms with Crippen LogP contribution in [0.4, 0.5) is 0 Å². The fourth-order valence-corrected chi connectivity index (χ4v) is 0.966. The Morgan fingerprint density at radius 3 is 2.36 bits per heavy atom. The van der Waals surface area contributed by atoms with Crippen molar-refractivity contribution in [2.24, 2.45) is 11.5 Å². The maximum absolute atomic E-state index is 10.8. The molecule has 0 aliphatic carbocycles. The average Bonchev–Trinajstić information content (AvgIpc) is 1.87. The fourth-order valence-electron chi connectivity index (χ4n) is 0.966. The number of hydrogen-bond donors (Lipinski definition) is 2. The summed E-state index contributed by atoms with van der Waals surface area (Å²) in [4.78, 5) is 12.6. The first-order chi connectivity index (χ1) is 5.09. The molecular formula is C7H17N3O. The molecule has 1 atom stereocenters. The van der Waals surface area contributed by atoms with E-state index in [0.29, 0.717) is 6.54 Å². The van der Waals surface area contributed by atoms with Crippen molar-refractivity contribution in [3.05, 3.63) is 0 Å². The Balaban J connectivity index is 3.80. The van der Waals surface area contributed by atoms with E-state index in [2.05, 4.69) is 0 Å². The first-order valence-electron chi connectivity index (χ1n) is 3.75. The van der Waals surface area contributed by atoms with E-state index in [1.54, 1.807) is 0 Å². The summed E-state index contributed by atoms with van der Waals surface area (Å²) in [7, 11) is 3.68. The van der Waals surface area contributed by atoms with E-state index >= 15 is 0 Å². The molecule has 66 valence electrons. The lowest BCUT2D eigenvalue weighted by atomic mass is 10.1. The van der Waals surface area contributed by atoms with Crippen molar-refractivity contribution in [1.82, 2.24) is 4.90 Å². The average molecular weight is 159 g/mol. The molecule has 4 nitrogen and oxygen atoms in total. The number of hydrogen-bond acceptors (Lipinski definition) is 3. The van der Waals surface area contributed by atoms with Crippen molar-refractivity contribution in [3.63, 3.8) is 0 Å². The minimum absolute atomic E-state index is 0.168. The van der Waals surface area contributed by atoms with Crippen molar-refractivity contribution in [3.8, 4) is 0 Å². The Labute approximate surface area is 67.5 Å². The monoisotopic (exact) mass is 159 g/mol.